The van der Waals surface area contributed by atoms with Gasteiger partial charge in [-0.05, 0) is 12.8 Å². The normalized spacial score (nSPS) is 21.7. The molecule has 1 aliphatic carbocycles. The van der Waals surface area contributed by atoms with Crippen LogP contribution in [0.4, 0.5) is 0 Å². The molecule has 1 unspecified atom stereocenters. The molecule has 1 atom stereocenters. The molecule has 1 heterocycles. The van der Waals surface area contributed by atoms with E-state index in [1.807, 2.05) is 11.6 Å². The zero-order valence-electron chi connectivity index (χ0n) is 9.11. The maximum absolute atomic E-state index is 6.26. The third kappa shape index (κ3) is 2.22. The summed E-state index contributed by atoms with van der Waals surface area (Å²) in [6.07, 6.45) is 7.33. The second kappa shape index (κ2) is 4.60. The molecule has 0 aliphatic heterocycles. The van der Waals surface area contributed by atoms with Crippen molar-refractivity contribution in [3.05, 3.63) is 16.6 Å². The third-order valence-electron chi connectivity index (χ3n) is 3.41. The van der Waals surface area contributed by atoms with Crippen molar-refractivity contribution in [2.75, 3.05) is 7.11 Å². The number of hydrogen-bond donors (Lipinski definition) is 1. The first-order valence-corrected chi connectivity index (χ1v) is 6.34. The monoisotopic (exact) mass is 226 g/mol. The Labute approximate surface area is 94.7 Å². The Morgan fingerprint density at radius 1 is 1.60 bits per heavy atom. The zero-order valence-corrected chi connectivity index (χ0v) is 9.93. The number of methoxy groups -OCH3 is 1. The lowest BCUT2D eigenvalue weighted by Gasteiger charge is -2.33. The maximum Gasteiger partial charge on any atom is 0.0941 e. The average Bonchev–Trinajstić information content (AvgIpc) is 2.87. The summed E-state index contributed by atoms with van der Waals surface area (Å²) in [5.41, 5.74) is 6.17. The van der Waals surface area contributed by atoms with Crippen LogP contribution in [0.15, 0.2) is 11.6 Å². The van der Waals surface area contributed by atoms with Gasteiger partial charge in [0.1, 0.15) is 0 Å². The average molecular weight is 226 g/mol. The summed E-state index contributed by atoms with van der Waals surface area (Å²) in [6, 6.07) is 0.0798. The van der Waals surface area contributed by atoms with Crippen molar-refractivity contribution in [2.24, 2.45) is 5.73 Å². The number of thiazole rings is 1. The van der Waals surface area contributed by atoms with Gasteiger partial charge < -0.3 is 10.5 Å². The number of ether oxygens (including phenoxy) is 1. The lowest BCUT2D eigenvalue weighted by atomic mass is 9.90. The van der Waals surface area contributed by atoms with Gasteiger partial charge in [0.05, 0.1) is 10.6 Å². The van der Waals surface area contributed by atoms with E-state index in [0.29, 0.717) is 0 Å². The van der Waals surface area contributed by atoms with Crippen LogP contribution < -0.4 is 5.73 Å². The molecule has 0 bridgehead atoms. The molecule has 15 heavy (non-hydrogen) atoms. The molecule has 3 nitrogen and oxygen atoms in total. The Morgan fingerprint density at radius 2 is 2.33 bits per heavy atom. The lowest BCUT2D eigenvalue weighted by Crippen LogP contribution is -2.48. The van der Waals surface area contributed by atoms with Crippen LogP contribution in [0.1, 0.15) is 30.7 Å². The molecule has 2 N–H and O–H groups in total. The van der Waals surface area contributed by atoms with Crippen molar-refractivity contribution >= 4 is 11.3 Å². The highest BCUT2D eigenvalue weighted by atomic mass is 32.1. The fraction of sp³-hybridized carbons (Fsp3) is 0.727. The summed E-state index contributed by atoms with van der Waals surface area (Å²) < 4.78 is 5.66. The first kappa shape index (κ1) is 11.0. The van der Waals surface area contributed by atoms with Crippen molar-refractivity contribution in [1.82, 2.24) is 4.98 Å². The summed E-state index contributed by atoms with van der Waals surface area (Å²) >= 11 is 1.67. The van der Waals surface area contributed by atoms with E-state index >= 15 is 0 Å². The van der Waals surface area contributed by atoms with E-state index in [0.717, 1.165) is 24.3 Å². The van der Waals surface area contributed by atoms with Crippen LogP contribution in [-0.2, 0) is 11.2 Å². The zero-order chi connectivity index (χ0) is 10.7. The van der Waals surface area contributed by atoms with Crippen LogP contribution in [-0.4, -0.2) is 23.7 Å². The van der Waals surface area contributed by atoms with Crippen LogP contribution in [0.25, 0.3) is 0 Å². The molecular weight excluding hydrogens is 208 g/mol. The van der Waals surface area contributed by atoms with Gasteiger partial charge >= 0.3 is 0 Å². The predicted molar refractivity (Wildman–Crippen MR) is 62.0 cm³/mol. The number of nitrogens with two attached hydrogens (primary N) is 1. The van der Waals surface area contributed by atoms with Crippen molar-refractivity contribution in [3.8, 4) is 0 Å². The summed E-state index contributed by atoms with van der Waals surface area (Å²) in [5.74, 6) is 0. The second-order valence-electron chi connectivity index (χ2n) is 4.21. The van der Waals surface area contributed by atoms with E-state index in [1.54, 1.807) is 18.4 Å². The molecule has 0 amide bonds. The van der Waals surface area contributed by atoms with Crippen LogP contribution in [0.3, 0.4) is 0 Å². The first-order valence-electron chi connectivity index (χ1n) is 5.46. The third-order valence-corrected chi connectivity index (χ3v) is 4.21. The Bertz CT molecular complexity index is 294. The fourth-order valence-electron chi connectivity index (χ4n) is 2.43. The van der Waals surface area contributed by atoms with Gasteiger partial charge in [-0.3, -0.25) is 0 Å². The Balaban J connectivity index is 2.02. The summed E-state index contributed by atoms with van der Waals surface area (Å²) in [7, 11) is 1.78. The molecule has 1 aliphatic rings. The summed E-state index contributed by atoms with van der Waals surface area (Å²) in [6.45, 7) is 0. The molecule has 0 aromatic carbocycles. The number of rotatable bonds is 4. The molecule has 4 heteroatoms. The molecule has 0 spiro atoms. The predicted octanol–water partition coefficient (Wildman–Crippen LogP) is 1.97. The van der Waals surface area contributed by atoms with Gasteiger partial charge in [-0.1, -0.05) is 12.8 Å². The minimum absolute atomic E-state index is 0.0798. The molecule has 1 saturated carbocycles. The van der Waals surface area contributed by atoms with Crippen LogP contribution in [0.2, 0.25) is 0 Å². The molecule has 2 rings (SSSR count). The quantitative estimate of drug-likeness (QED) is 0.854. The molecule has 0 radical (unpaired) electrons. The smallest absolute Gasteiger partial charge is 0.0941 e. The highest BCUT2D eigenvalue weighted by molar-refractivity contribution is 7.09. The standard InChI is InChI=1S/C11H18N2OS/c1-14-11(4-2-3-5-11)9(12)8-10-13-6-7-15-10/h6-7,9H,2-5,8,12H2,1H3. The van der Waals surface area contributed by atoms with Gasteiger partial charge in [0.15, 0.2) is 0 Å². The Morgan fingerprint density at radius 3 is 2.87 bits per heavy atom. The SMILES string of the molecule is COC1(C(N)Cc2nccs2)CCCC1. The maximum atomic E-state index is 6.26. The molecule has 84 valence electrons. The minimum Gasteiger partial charge on any atom is -0.377 e. The van der Waals surface area contributed by atoms with Gasteiger partial charge in [-0.15, -0.1) is 11.3 Å². The van der Waals surface area contributed by atoms with Crippen LogP contribution in [0.5, 0.6) is 0 Å². The van der Waals surface area contributed by atoms with E-state index in [-0.39, 0.29) is 11.6 Å². The number of hydrogen-bond acceptors (Lipinski definition) is 4. The van der Waals surface area contributed by atoms with Crippen LogP contribution >= 0.6 is 11.3 Å². The number of nitrogens with zero attached hydrogens (tertiary/aromatic N) is 1. The van der Waals surface area contributed by atoms with Crippen molar-refractivity contribution < 1.29 is 4.74 Å². The van der Waals surface area contributed by atoms with E-state index in [1.165, 1.54) is 12.8 Å². The van der Waals surface area contributed by atoms with Crippen LogP contribution in [0, 0.1) is 0 Å². The van der Waals surface area contributed by atoms with E-state index in [9.17, 15) is 0 Å². The highest BCUT2D eigenvalue weighted by Gasteiger charge is 2.39. The Kier molecular flexibility index (Phi) is 3.38. The largest absolute Gasteiger partial charge is 0.377 e. The summed E-state index contributed by atoms with van der Waals surface area (Å²) in [4.78, 5) is 4.28. The molecular formula is C11H18N2OS. The fourth-order valence-corrected chi connectivity index (χ4v) is 3.10. The highest BCUT2D eigenvalue weighted by Crippen LogP contribution is 2.36. The van der Waals surface area contributed by atoms with E-state index in [4.69, 9.17) is 10.5 Å². The molecule has 1 aromatic heterocycles. The van der Waals surface area contributed by atoms with Gasteiger partial charge in [0.25, 0.3) is 0 Å². The van der Waals surface area contributed by atoms with Gasteiger partial charge in [-0.2, -0.15) is 0 Å². The van der Waals surface area contributed by atoms with Gasteiger partial charge in [0.2, 0.25) is 0 Å². The molecule has 1 fully saturated rings. The van der Waals surface area contributed by atoms with Crippen molar-refractivity contribution in [1.29, 1.82) is 0 Å². The van der Waals surface area contributed by atoms with Crippen molar-refractivity contribution in [2.45, 2.75) is 43.7 Å². The second-order valence-corrected chi connectivity index (χ2v) is 5.19. The minimum atomic E-state index is -0.0916. The summed E-state index contributed by atoms with van der Waals surface area (Å²) in [5, 5.41) is 3.11. The van der Waals surface area contributed by atoms with E-state index in [2.05, 4.69) is 4.98 Å². The Hall–Kier alpha value is -0.450. The van der Waals surface area contributed by atoms with Gasteiger partial charge in [-0.25, -0.2) is 4.98 Å². The van der Waals surface area contributed by atoms with E-state index < -0.39 is 0 Å². The van der Waals surface area contributed by atoms with Crippen molar-refractivity contribution in [3.63, 3.8) is 0 Å². The molecule has 1 aromatic rings. The van der Waals surface area contributed by atoms with Gasteiger partial charge in [0, 0.05) is 31.1 Å². The molecule has 0 saturated heterocycles. The first-order chi connectivity index (χ1) is 7.27. The topological polar surface area (TPSA) is 48.1 Å². The number of aromatic nitrogens is 1. The lowest BCUT2D eigenvalue weighted by molar-refractivity contribution is -0.0253.